The number of hydrogen-bond donors (Lipinski definition) is 5. The van der Waals surface area contributed by atoms with Crippen LogP contribution < -0.4 is 26.6 Å². The van der Waals surface area contributed by atoms with Gasteiger partial charge in [0, 0.05) is 19.9 Å². The Bertz CT molecular complexity index is 1850. The van der Waals surface area contributed by atoms with Crippen LogP contribution in [0.3, 0.4) is 0 Å². The summed E-state index contributed by atoms with van der Waals surface area (Å²) in [4.78, 5) is 92.7. The Morgan fingerprint density at radius 1 is 0.707 bits per heavy atom. The Kier molecular flexibility index (Phi) is 16.8. The standard InChI is InChI=1S/C43H54N6O9/c1-29(50)57-28-33(23-30-15-8-5-9-16-30)46-41(55)45-26-37(51)34(24-31-17-10-6-11-18-31)47-38(52)27-44-39(53)35(25-32-19-12-7-13-20-32)48-40(54)36-21-14-22-49(36)42(56)58-43(2,3)4/h5-13,15-20,33-36H,14,21-28H2,1-4H3,(H,44,53)(H,47,52)(H,48,54)(H2,45,46,55)/t33?,34-,35-,36-/m0/s1. The molecule has 0 radical (unpaired) electrons. The van der Waals surface area contributed by atoms with Gasteiger partial charge in [0.25, 0.3) is 0 Å². The van der Waals surface area contributed by atoms with Crippen molar-refractivity contribution in [1.29, 1.82) is 0 Å². The number of amides is 6. The van der Waals surface area contributed by atoms with E-state index < -0.39 is 84.5 Å². The van der Waals surface area contributed by atoms with Gasteiger partial charge < -0.3 is 36.1 Å². The molecule has 3 aromatic rings. The summed E-state index contributed by atoms with van der Waals surface area (Å²) in [5.41, 5.74) is 1.65. The number of hydrogen-bond acceptors (Lipinski definition) is 9. The first-order valence-corrected chi connectivity index (χ1v) is 19.4. The van der Waals surface area contributed by atoms with Gasteiger partial charge in [-0.15, -0.1) is 0 Å². The Labute approximate surface area is 339 Å². The normalized spacial score (nSPS) is 15.2. The minimum absolute atomic E-state index is 0.0784. The molecule has 1 saturated heterocycles. The molecule has 58 heavy (non-hydrogen) atoms. The maximum Gasteiger partial charge on any atom is 0.410 e. The van der Waals surface area contributed by atoms with Gasteiger partial charge in [-0.25, -0.2) is 9.59 Å². The summed E-state index contributed by atoms with van der Waals surface area (Å²) in [7, 11) is 0. The molecule has 15 nitrogen and oxygen atoms in total. The number of likely N-dealkylation sites (tertiary alicyclic amines) is 1. The number of nitrogens with one attached hydrogen (secondary N) is 5. The van der Waals surface area contributed by atoms with Crippen LogP contribution in [0.1, 0.15) is 57.2 Å². The van der Waals surface area contributed by atoms with Crippen LogP contribution in [0.4, 0.5) is 9.59 Å². The van der Waals surface area contributed by atoms with Gasteiger partial charge in [0.1, 0.15) is 24.3 Å². The molecular weight excluding hydrogens is 745 g/mol. The van der Waals surface area contributed by atoms with Gasteiger partial charge in [-0.05, 0) is 63.1 Å². The van der Waals surface area contributed by atoms with Crippen LogP contribution in [0.2, 0.25) is 0 Å². The monoisotopic (exact) mass is 798 g/mol. The lowest BCUT2D eigenvalue weighted by Crippen LogP contribution is -2.55. The SMILES string of the molecule is CC(=O)OCC(Cc1ccccc1)NC(=O)NCC(=O)[C@H](Cc1ccccc1)NC(=O)CNC(=O)[C@H](Cc1ccccc1)NC(=O)[C@@H]1CCCN1C(=O)OC(C)(C)C. The fourth-order valence-corrected chi connectivity index (χ4v) is 6.33. The number of nitrogens with zero attached hydrogens (tertiary/aromatic N) is 1. The first-order chi connectivity index (χ1) is 27.7. The number of urea groups is 1. The molecule has 0 bridgehead atoms. The van der Waals surface area contributed by atoms with E-state index in [9.17, 15) is 33.6 Å². The van der Waals surface area contributed by atoms with Crippen molar-refractivity contribution in [3.05, 3.63) is 108 Å². The van der Waals surface area contributed by atoms with Crippen LogP contribution in [-0.4, -0.2) is 103 Å². The second-order valence-electron chi connectivity index (χ2n) is 15.1. The zero-order valence-corrected chi connectivity index (χ0v) is 33.5. The first kappa shape index (κ1) is 44.5. The molecule has 310 valence electrons. The van der Waals surface area contributed by atoms with E-state index in [4.69, 9.17) is 9.47 Å². The minimum Gasteiger partial charge on any atom is -0.464 e. The van der Waals surface area contributed by atoms with Crippen LogP contribution in [-0.2, 0) is 52.7 Å². The average molecular weight is 799 g/mol. The molecule has 1 aliphatic heterocycles. The number of carbonyl (C=O) groups excluding carboxylic acids is 7. The molecule has 1 fully saturated rings. The van der Waals surface area contributed by atoms with Crippen molar-refractivity contribution in [3.8, 4) is 0 Å². The van der Waals surface area contributed by atoms with Crippen molar-refractivity contribution in [2.75, 3.05) is 26.2 Å². The van der Waals surface area contributed by atoms with Gasteiger partial charge in [-0.3, -0.25) is 28.9 Å². The van der Waals surface area contributed by atoms with Crippen LogP contribution in [0.15, 0.2) is 91.0 Å². The van der Waals surface area contributed by atoms with E-state index in [0.717, 1.165) is 16.7 Å². The number of benzene rings is 3. The van der Waals surface area contributed by atoms with Crippen molar-refractivity contribution in [2.24, 2.45) is 0 Å². The van der Waals surface area contributed by atoms with Crippen LogP contribution in [0.25, 0.3) is 0 Å². The molecular formula is C43H54N6O9. The molecule has 3 aromatic carbocycles. The molecule has 1 aliphatic rings. The van der Waals surface area contributed by atoms with Crippen molar-refractivity contribution in [2.45, 2.75) is 89.6 Å². The zero-order chi connectivity index (χ0) is 42.1. The Morgan fingerprint density at radius 3 is 1.81 bits per heavy atom. The number of ketones is 1. The summed E-state index contributed by atoms with van der Waals surface area (Å²) in [6.45, 7) is 5.78. The second kappa shape index (κ2) is 21.9. The third-order valence-electron chi connectivity index (χ3n) is 9.10. The predicted molar refractivity (Wildman–Crippen MR) is 215 cm³/mol. The second-order valence-corrected chi connectivity index (χ2v) is 15.1. The van der Waals surface area contributed by atoms with E-state index >= 15 is 0 Å². The summed E-state index contributed by atoms with van der Waals surface area (Å²) >= 11 is 0. The minimum atomic E-state index is -1.10. The highest BCUT2D eigenvalue weighted by Crippen LogP contribution is 2.21. The fraction of sp³-hybridized carbons (Fsp3) is 0.419. The fourth-order valence-electron chi connectivity index (χ4n) is 6.33. The molecule has 5 N–H and O–H groups in total. The highest BCUT2D eigenvalue weighted by molar-refractivity contribution is 5.95. The zero-order valence-electron chi connectivity index (χ0n) is 33.5. The molecule has 15 heteroatoms. The van der Waals surface area contributed by atoms with Gasteiger partial charge in [0.05, 0.1) is 25.2 Å². The molecule has 0 aliphatic carbocycles. The van der Waals surface area contributed by atoms with E-state index in [-0.39, 0.29) is 19.4 Å². The summed E-state index contributed by atoms with van der Waals surface area (Å²) in [5, 5.41) is 13.3. The summed E-state index contributed by atoms with van der Waals surface area (Å²) in [6, 6.07) is 23.1. The molecule has 0 aromatic heterocycles. The van der Waals surface area contributed by atoms with Gasteiger partial charge in [0.2, 0.25) is 17.7 Å². The lowest BCUT2D eigenvalue weighted by Gasteiger charge is -2.29. The molecule has 4 atom stereocenters. The lowest BCUT2D eigenvalue weighted by atomic mass is 10.0. The van der Waals surface area contributed by atoms with Crippen LogP contribution in [0, 0.1) is 0 Å². The van der Waals surface area contributed by atoms with Gasteiger partial charge >= 0.3 is 18.1 Å². The van der Waals surface area contributed by atoms with Gasteiger partial charge in [-0.1, -0.05) is 91.0 Å². The van der Waals surface area contributed by atoms with E-state index in [1.165, 1.54) is 11.8 Å². The van der Waals surface area contributed by atoms with Crippen LogP contribution >= 0.6 is 0 Å². The first-order valence-electron chi connectivity index (χ1n) is 19.4. The molecule has 1 heterocycles. The number of ether oxygens (including phenoxy) is 2. The van der Waals surface area contributed by atoms with Gasteiger partial charge in [-0.2, -0.15) is 0 Å². The van der Waals surface area contributed by atoms with Crippen molar-refractivity contribution < 1.29 is 43.0 Å². The topological polar surface area (TPSA) is 201 Å². The maximum atomic E-state index is 13.6. The molecule has 0 saturated carbocycles. The summed E-state index contributed by atoms with van der Waals surface area (Å²) < 4.78 is 10.6. The van der Waals surface area contributed by atoms with Gasteiger partial charge in [0.15, 0.2) is 5.78 Å². The third kappa shape index (κ3) is 15.4. The smallest absolute Gasteiger partial charge is 0.410 e. The third-order valence-corrected chi connectivity index (χ3v) is 9.10. The van der Waals surface area contributed by atoms with Crippen molar-refractivity contribution in [1.82, 2.24) is 31.5 Å². The number of esters is 1. The van der Waals surface area contributed by atoms with Crippen molar-refractivity contribution in [3.63, 3.8) is 0 Å². The highest BCUT2D eigenvalue weighted by atomic mass is 16.6. The maximum absolute atomic E-state index is 13.6. The van der Waals surface area contributed by atoms with E-state index in [0.29, 0.717) is 25.8 Å². The molecule has 4 rings (SSSR count). The number of rotatable bonds is 18. The van der Waals surface area contributed by atoms with E-state index in [1.807, 2.05) is 42.5 Å². The number of Topliss-reactive ketones (excluding diaryl/α,β-unsaturated/α-hetero) is 1. The Balaban J connectivity index is 1.38. The Hall–Kier alpha value is -6.25. The lowest BCUT2D eigenvalue weighted by molar-refractivity contribution is -0.141. The van der Waals surface area contributed by atoms with E-state index in [1.54, 1.807) is 69.3 Å². The largest absolute Gasteiger partial charge is 0.464 e. The highest BCUT2D eigenvalue weighted by Gasteiger charge is 2.38. The molecule has 6 amide bonds. The molecule has 1 unspecified atom stereocenters. The predicted octanol–water partition coefficient (Wildman–Crippen LogP) is 3.00. The number of carbonyl (C=O) groups is 7. The summed E-state index contributed by atoms with van der Waals surface area (Å²) in [6.07, 6.45) is 0.940. The molecule has 0 spiro atoms. The summed E-state index contributed by atoms with van der Waals surface area (Å²) in [5.74, 6) is -2.84. The average Bonchev–Trinajstić information content (AvgIpc) is 3.69. The Morgan fingerprint density at radius 2 is 1.26 bits per heavy atom. The van der Waals surface area contributed by atoms with Crippen LogP contribution in [0.5, 0.6) is 0 Å². The van der Waals surface area contributed by atoms with Crippen molar-refractivity contribution >= 4 is 41.6 Å². The quantitative estimate of drug-likeness (QED) is 0.120. The van der Waals surface area contributed by atoms with E-state index in [2.05, 4.69) is 26.6 Å².